The summed E-state index contributed by atoms with van der Waals surface area (Å²) in [5, 5.41) is 4.33. The Morgan fingerprint density at radius 3 is 1.29 bits per heavy atom. The molecular formula is C47H29N9. The number of hydrogen-bond acceptors (Lipinski definition) is 9. The molecule has 0 amide bonds. The summed E-state index contributed by atoms with van der Waals surface area (Å²) in [6.07, 6.45) is 10.9. The first-order valence-electron chi connectivity index (χ1n) is 18.1. The summed E-state index contributed by atoms with van der Waals surface area (Å²) < 4.78 is 0. The van der Waals surface area contributed by atoms with E-state index in [4.69, 9.17) is 34.9 Å². The number of nitrogens with zero attached hydrogens (tertiary/aromatic N) is 9. The van der Waals surface area contributed by atoms with Gasteiger partial charge in [0, 0.05) is 75.8 Å². The van der Waals surface area contributed by atoms with E-state index in [1.807, 2.05) is 97.3 Å². The first-order valence-corrected chi connectivity index (χ1v) is 18.1. The molecule has 7 heterocycles. The minimum absolute atomic E-state index is 0.422. The molecule has 0 fully saturated rings. The maximum Gasteiger partial charge on any atom is 0.182 e. The lowest BCUT2D eigenvalue weighted by Crippen LogP contribution is -2.02. The average Bonchev–Trinajstić information content (AvgIpc) is 3.29. The molecule has 9 nitrogen and oxygen atoms in total. The van der Waals surface area contributed by atoms with Crippen LogP contribution in [0.4, 0.5) is 0 Å². The molecule has 10 rings (SSSR count). The van der Waals surface area contributed by atoms with Crippen molar-refractivity contribution < 1.29 is 0 Å². The second-order valence-corrected chi connectivity index (χ2v) is 13.2. The number of benzene rings is 3. The summed E-state index contributed by atoms with van der Waals surface area (Å²) >= 11 is 0. The van der Waals surface area contributed by atoms with Gasteiger partial charge in [-0.3, -0.25) is 29.9 Å². The van der Waals surface area contributed by atoms with Crippen molar-refractivity contribution in [3.8, 4) is 79.5 Å². The molecule has 0 aliphatic rings. The lowest BCUT2D eigenvalue weighted by molar-refractivity contribution is 1.06. The second-order valence-electron chi connectivity index (χ2n) is 13.2. The van der Waals surface area contributed by atoms with Crippen molar-refractivity contribution >= 4 is 21.5 Å². The first kappa shape index (κ1) is 32.7. The molecule has 0 N–H and O–H groups in total. The van der Waals surface area contributed by atoms with Gasteiger partial charge < -0.3 is 0 Å². The minimum Gasteiger partial charge on any atom is -0.256 e. The predicted octanol–water partition coefficient (Wildman–Crippen LogP) is 10.2. The van der Waals surface area contributed by atoms with Gasteiger partial charge in [0.05, 0.1) is 28.5 Å². The zero-order valence-corrected chi connectivity index (χ0v) is 29.8. The predicted molar refractivity (Wildman–Crippen MR) is 220 cm³/mol. The molecule has 3 aromatic carbocycles. The molecule has 0 spiro atoms. The Morgan fingerprint density at radius 1 is 0.250 bits per heavy atom. The van der Waals surface area contributed by atoms with Crippen LogP contribution >= 0.6 is 0 Å². The molecule has 9 heteroatoms. The highest BCUT2D eigenvalue weighted by molar-refractivity contribution is 5.89. The minimum atomic E-state index is 0.422. The van der Waals surface area contributed by atoms with E-state index in [1.165, 1.54) is 0 Å². The van der Waals surface area contributed by atoms with E-state index in [-0.39, 0.29) is 0 Å². The molecule has 0 atom stereocenters. The van der Waals surface area contributed by atoms with Crippen molar-refractivity contribution in [3.63, 3.8) is 0 Å². The van der Waals surface area contributed by atoms with Gasteiger partial charge in [0.25, 0.3) is 0 Å². The van der Waals surface area contributed by atoms with Gasteiger partial charge in [-0.1, -0.05) is 60.7 Å². The summed E-state index contributed by atoms with van der Waals surface area (Å²) in [5.41, 5.74) is 8.79. The van der Waals surface area contributed by atoms with E-state index in [1.54, 1.807) is 24.8 Å². The maximum atomic E-state index is 5.08. The van der Waals surface area contributed by atoms with Crippen LogP contribution in [-0.2, 0) is 0 Å². The fraction of sp³-hybridized carbons (Fsp3) is 0. The molecule has 0 aliphatic heterocycles. The highest BCUT2D eigenvalue weighted by Gasteiger charge is 2.17. The zero-order chi connectivity index (χ0) is 37.3. The summed E-state index contributed by atoms with van der Waals surface area (Å²) in [6, 6.07) is 46.3. The van der Waals surface area contributed by atoms with Gasteiger partial charge >= 0.3 is 0 Å². The number of aromatic nitrogens is 9. The van der Waals surface area contributed by atoms with Crippen LogP contribution < -0.4 is 0 Å². The summed E-state index contributed by atoms with van der Waals surface area (Å²) in [5.74, 6) is 1.35. The Morgan fingerprint density at radius 2 is 0.714 bits per heavy atom. The number of pyridine rings is 6. The molecule has 7 aromatic heterocycles. The fourth-order valence-corrected chi connectivity index (χ4v) is 6.69. The lowest BCUT2D eigenvalue weighted by Gasteiger charge is -2.12. The van der Waals surface area contributed by atoms with Gasteiger partial charge in [0.2, 0.25) is 0 Å². The van der Waals surface area contributed by atoms with Crippen LogP contribution in [0.2, 0.25) is 0 Å². The lowest BCUT2D eigenvalue weighted by atomic mass is 9.98. The van der Waals surface area contributed by atoms with E-state index in [2.05, 4.69) is 64.6 Å². The molecule has 0 unspecified atom stereocenters. The molecule has 0 saturated carbocycles. The summed E-state index contributed by atoms with van der Waals surface area (Å²) in [6.45, 7) is 0. The third-order valence-corrected chi connectivity index (χ3v) is 9.58. The number of rotatable bonds is 7. The van der Waals surface area contributed by atoms with E-state index < -0.39 is 0 Å². The van der Waals surface area contributed by atoms with E-state index in [0.717, 1.165) is 77.8 Å². The molecule has 56 heavy (non-hydrogen) atoms. The highest BCUT2D eigenvalue weighted by Crippen LogP contribution is 2.34. The molecular weight excluding hydrogens is 691 g/mol. The van der Waals surface area contributed by atoms with Crippen molar-refractivity contribution in [1.29, 1.82) is 0 Å². The van der Waals surface area contributed by atoms with Crippen LogP contribution in [0.5, 0.6) is 0 Å². The smallest absolute Gasteiger partial charge is 0.182 e. The molecule has 0 aliphatic carbocycles. The van der Waals surface area contributed by atoms with Crippen LogP contribution in [0.25, 0.3) is 101 Å². The molecule has 0 radical (unpaired) electrons. The second kappa shape index (κ2) is 14.1. The monoisotopic (exact) mass is 719 g/mol. The van der Waals surface area contributed by atoms with Gasteiger partial charge in [-0.15, -0.1) is 0 Å². The Bertz CT molecular complexity index is 2810. The van der Waals surface area contributed by atoms with Gasteiger partial charge in [0.15, 0.2) is 17.5 Å². The number of hydrogen-bond donors (Lipinski definition) is 0. The largest absolute Gasteiger partial charge is 0.256 e. The first-order chi connectivity index (χ1) is 27.7. The topological polar surface area (TPSA) is 116 Å². The van der Waals surface area contributed by atoms with Crippen molar-refractivity contribution in [2.75, 3.05) is 0 Å². The highest BCUT2D eigenvalue weighted by atomic mass is 15.0. The van der Waals surface area contributed by atoms with Gasteiger partial charge in [-0.25, -0.2) is 15.0 Å². The fourth-order valence-electron chi connectivity index (χ4n) is 6.69. The van der Waals surface area contributed by atoms with Gasteiger partial charge in [-0.05, 0) is 89.6 Å². The quantitative estimate of drug-likeness (QED) is 0.159. The summed E-state index contributed by atoms with van der Waals surface area (Å²) in [4.78, 5) is 43.4. The van der Waals surface area contributed by atoms with Gasteiger partial charge in [-0.2, -0.15) is 0 Å². The van der Waals surface area contributed by atoms with Crippen molar-refractivity contribution in [3.05, 3.63) is 177 Å². The number of fused-ring (bicyclic) bond motifs is 2. The van der Waals surface area contributed by atoms with E-state index in [0.29, 0.717) is 23.2 Å². The van der Waals surface area contributed by atoms with E-state index in [9.17, 15) is 0 Å². The van der Waals surface area contributed by atoms with Crippen LogP contribution in [-0.4, -0.2) is 44.9 Å². The maximum absolute atomic E-state index is 5.08. The molecule has 0 saturated heterocycles. The zero-order valence-electron chi connectivity index (χ0n) is 29.8. The Labute approximate surface area is 321 Å². The van der Waals surface area contributed by atoms with Crippen LogP contribution in [0.3, 0.4) is 0 Å². The third kappa shape index (κ3) is 6.50. The van der Waals surface area contributed by atoms with Gasteiger partial charge in [0.1, 0.15) is 5.69 Å². The van der Waals surface area contributed by atoms with Crippen molar-refractivity contribution in [2.45, 2.75) is 0 Å². The summed E-state index contributed by atoms with van der Waals surface area (Å²) in [7, 11) is 0. The Hall–Kier alpha value is -7.91. The normalized spacial score (nSPS) is 11.2. The Kier molecular flexibility index (Phi) is 8.27. The Balaban J connectivity index is 1.15. The molecule has 0 bridgehead atoms. The van der Waals surface area contributed by atoms with Crippen molar-refractivity contribution in [2.24, 2.45) is 0 Å². The average molecular weight is 720 g/mol. The van der Waals surface area contributed by atoms with Crippen LogP contribution in [0.1, 0.15) is 0 Å². The molecule has 262 valence electrons. The molecule has 10 aromatic rings. The van der Waals surface area contributed by atoms with E-state index >= 15 is 0 Å². The van der Waals surface area contributed by atoms with Crippen LogP contribution in [0.15, 0.2) is 177 Å². The van der Waals surface area contributed by atoms with Crippen LogP contribution in [0, 0.1) is 0 Å². The SMILES string of the molecule is c1ccc(-c2ccc(-c3nc(-c4ccc(-c5ccccn5)nc4)nc(-c4cc(-c5cc6ccccc6cn5)cc(-c5cc6ccccc6cn5)c4)n3)nc2)nc1. The van der Waals surface area contributed by atoms with Crippen molar-refractivity contribution in [1.82, 2.24) is 44.9 Å². The third-order valence-electron chi connectivity index (χ3n) is 9.58. The standard InChI is InChI=1S/C47H29N9/c1-3-11-32-26-52-43(24-30(32)9-1)36-21-37(44-25-31-10-2-4-12-33(31)27-53-44)23-38(22-36)46-54-45(35-16-17-41(50-29-35)40-14-6-8-20-49-40)55-47(56-46)42-18-15-34(28-51-42)39-13-5-7-19-48-39/h1-29H.